The number of carbonyl (C=O) groups excluding carboxylic acids is 1. The van der Waals surface area contributed by atoms with Gasteiger partial charge in [0.15, 0.2) is 6.10 Å². The van der Waals surface area contributed by atoms with Crippen LogP contribution in [0.1, 0.15) is 6.92 Å². The van der Waals surface area contributed by atoms with Crippen molar-refractivity contribution in [3.05, 3.63) is 60.4 Å². The lowest BCUT2D eigenvalue weighted by Gasteiger charge is -2.13. The number of rotatable bonds is 5. The summed E-state index contributed by atoms with van der Waals surface area (Å²) in [5.74, 6) is -0.293. The van der Waals surface area contributed by atoms with Gasteiger partial charge < -0.3 is 4.74 Å². The van der Waals surface area contributed by atoms with Gasteiger partial charge in [-0.3, -0.25) is 10.1 Å². The largest absolute Gasteiger partial charge is 0.481 e. The number of carbonyl (C=O) groups is 1. The van der Waals surface area contributed by atoms with Crippen LogP contribution >= 0.6 is 11.3 Å². The second kappa shape index (κ2) is 7.18. The van der Waals surface area contributed by atoms with Gasteiger partial charge in [-0.15, -0.1) is 10.2 Å². The van der Waals surface area contributed by atoms with E-state index in [2.05, 4.69) is 15.5 Å². The zero-order valence-electron chi connectivity index (χ0n) is 12.8. The monoisotopic (exact) mass is 343 g/mol. The number of hydrogen-bond donors (Lipinski definition) is 1. The molecule has 1 amide bonds. The Morgan fingerprint density at radius 1 is 1.12 bits per heavy atom. The number of aromatic nitrogens is 2. The molecule has 24 heavy (non-hydrogen) atoms. The molecule has 122 valence electrons. The molecule has 0 unspecified atom stereocenters. The van der Waals surface area contributed by atoms with E-state index in [1.807, 2.05) is 30.3 Å². The van der Waals surface area contributed by atoms with Crippen molar-refractivity contribution in [2.45, 2.75) is 13.0 Å². The van der Waals surface area contributed by atoms with E-state index in [4.69, 9.17) is 4.74 Å². The lowest BCUT2D eigenvalue weighted by atomic mass is 10.2. The maximum atomic E-state index is 12.9. The number of anilines is 1. The molecular formula is C17H14FN3O2S. The summed E-state index contributed by atoms with van der Waals surface area (Å²) in [7, 11) is 0. The fourth-order valence-corrected chi connectivity index (χ4v) is 2.70. The molecule has 3 rings (SSSR count). The molecule has 0 aliphatic carbocycles. The summed E-state index contributed by atoms with van der Waals surface area (Å²) in [5, 5.41) is 11.8. The van der Waals surface area contributed by atoms with Crippen molar-refractivity contribution in [1.29, 1.82) is 0 Å². The Hall–Kier alpha value is -2.80. The average Bonchev–Trinajstić information content (AvgIpc) is 3.06. The molecule has 2 aromatic carbocycles. The third-order valence-electron chi connectivity index (χ3n) is 3.17. The molecule has 0 saturated carbocycles. The van der Waals surface area contributed by atoms with E-state index in [9.17, 15) is 9.18 Å². The number of nitrogens with zero attached hydrogens (tertiary/aromatic N) is 2. The summed E-state index contributed by atoms with van der Waals surface area (Å²) >= 11 is 1.28. The molecular weight excluding hydrogens is 329 g/mol. The second-order valence-electron chi connectivity index (χ2n) is 4.98. The minimum atomic E-state index is -0.750. The van der Waals surface area contributed by atoms with Gasteiger partial charge in [-0.2, -0.15) is 0 Å². The van der Waals surface area contributed by atoms with E-state index < -0.39 is 6.10 Å². The molecule has 3 aromatic rings. The van der Waals surface area contributed by atoms with Crippen LogP contribution in [0, 0.1) is 5.82 Å². The third-order valence-corrected chi connectivity index (χ3v) is 4.06. The fourth-order valence-electron chi connectivity index (χ4n) is 1.95. The van der Waals surface area contributed by atoms with E-state index in [1.54, 1.807) is 6.92 Å². The first kappa shape index (κ1) is 16.1. The highest BCUT2D eigenvalue weighted by Crippen LogP contribution is 2.26. The van der Waals surface area contributed by atoms with Gasteiger partial charge in [0.1, 0.15) is 16.6 Å². The minimum Gasteiger partial charge on any atom is -0.481 e. The van der Waals surface area contributed by atoms with Crippen molar-refractivity contribution in [2.24, 2.45) is 0 Å². The van der Waals surface area contributed by atoms with Crippen LogP contribution in [0.5, 0.6) is 5.75 Å². The molecule has 1 atom stereocenters. The Balaban J connectivity index is 1.62. The molecule has 1 aromatic heterocycles. The van der Waals surface area contributed by atoms with Crippen molar-refractivity contribution in [3.8, 4) is 16.3 Å². The van der Waals surface area contributed by atoms with Gasteiger partial charge in [0.05, 0.1) is 0 Å². The summed E-state index contributed by atoms with van der Waals surface area (Å²) in [5.41, 5.74) is 0.936. The number of nitrogens with one attached hydrogen (secondary N) is 1. The molecule has 0 radical (unpaired) electrons. The predicted molar refractivity (Wildman–Crippen MR) is 90.5 cm³/mol. The van der Waals surface area contributed by atoms with E-state index in [0.29, 0.717) is 10.9 Å². The van der Waals surface area contributed by atoms with Crippen LogP contribution in [0.4, 0.5) is 9.52 Å². The zero-order valence-corrected chi connectivity index (χ0v) is 13.6. The van der Waals surface area contributed by atoms with Gasteiger partial charge in [0.2, 0.25) is 5.13 Å². The van der Waals surface area contributed by atoms with Crippen molar-refractivity contribution >= 4 is 22.4 Å². The first-order valence-corrected chi connectivity index (χ1v) is 8.05. The first-order valence-electron chi connectivity index (χ1n) is 7.24. The molecule has 7 heteroatoms. The van der Waals surface area contributed by atoms with Gasteiger partial charge in [0.25, 0.3) is 5.91 Å². The van der Waals surface area contributed by atoms with Gasteiger partial charge in [0, 0.05) is 5.56 Å². The Kier molecular flexibility index (Phi) is 4.81. The van der Waals surface area contributed by atoms with Crippen LogP contribution in [0.2, 0.25) is 0 Å². The molecule has 1 heterocycles. The summed E-state index contributed by atoms with van der Waals surface area (Å²) in [6, 6.07) is 15.1. The summed E-state index contributed by atoms with van der Waals surface area (Å²) in [6.45, 7) is 1.61. The van der Waals surface area contributed by atoms with Crippen molar-refractivity contribution < 1.29 is 13.9 Å². The average molecular weight is 343 g/mol. The second-order valence-corrected chi connectivity index (χ2v) is 5.96. The van der Waals surface area contributed by atoms with Gasteiger partial charge >= 0.3 is 0 Å². The van der Waals surface area contributed by atoms with Crippen LogP contribution in [0.25, 0.3) is 10.6 Å². The summed E-state index contributed by atoms with van der Waals surface area (Å²) in [4.78, 5) is 12.2. The Morgan fingerprint density at radius 2 is 1.83 bits per heavy atom. The normalized spacial score (nSPS) is 11.8. The molecule has 0 aliphatic heterocycles. The molecule has 0 spiro atoms. The van der Waals surface area contributed by atoms with Crippen LogP contribution < -0.4 is 10.1 Å². The number of ether oxygens (including phenoxy) is 1. The standard InChI is InChI=1S/C17H14FN3O2S/c1-11(23-14-9-7-13(18)8-10-14)15(22)19-17-21-20-16(24-17)12-5-3-2-4-6-12/h2-11H,1H3,(H,19,21,22)/t11-/m1/s1. The Bertz CT molecular complexity index is 821. The van der Waals surface area contributed by atoms with E-state index in [1.165, 1.54) is 35.6 Å². The van der Waals surface area contributed by atoms with Gasteiger partial charge in [-0.05, 0) is 31.2 Å². The molecule has 0 saturated heterocycles. The highest BCUT2D eigenvalue weighted by Gasteiger charge is 2.17. The van der Waals surface area contributed by atoms with Gasteiger partial charge in [-0.25, -0.2) is 4.39 Å². The van der Waals surface area contributed by atoms with Crippen molar-refractivity contribution in [3.63, 3.8) is 0 Å². The lowest BCUT2D eigenvalue weighted by molar-refractivity contribution is -0.122. The first-order chi connectivity index (χ1) is 11.6. The number of halogens is 1. The van der Waals surface area contributed by atoms with E-state index in [-0.39, 0.29) is 11.7 Å². The number of hydrogen-bond acceptors (Lipinski definition) is 5. The molecule has 0 fully saturated rings. The highest BCUT2D eigenvalue weighted by atomic mass is 32.1. The van der Waals surface area contributed by atoms with Crippen LogP contribution in [0.15, 0.2) is 54.6 Å². The van der Waals surface area contributed by atoms with Crippen LogP contribution in [0.3, 0.4) is 0 Å². The minimum absolute atomic E-state index is 0.352. The Morgan fingerprint density at radius 3 is 2.54 bits per heavy atom. The smallest absolute Gasteiger partial charge is 0.266 e. The zero-order chi connectivity index (χ0) is 16.9. The third kappa shape index (κ3) is 3.94. The maximum absolute atomic E-state index is 12.9. The van der Waals surface area contributed by atoms with Crippen LogP contribution in [-0.2, 0) is 4.79 Å². The van der Waals surface area contributed by atoms with Gasteiger partial charge in [-0.1, -0.05) is 41.7 Å². The lowest BCUT2D eigenvalue weighted by Crippen LogP contribution is -2.30. The van der Waals surface area contributed by atoms with Crippen molar-refractivity contribution in [1.82, 2.24) is 10.2 Å². The van der Waals surface area contributed by atoms with E-state index in [0.717, 1.165) is 10.6 Å². The molecule has 5 nitrogen and oxygen atoms in total. The number of amides is 1. The Labute approximate surface area is 142 Å². The van der Waals surface area contributed by atoms with Crippen molar-refractivity contribution in [2.75, 3.05) is 5.32 Å². The highest BCUT2D eigenvalue weighted by molar-refractivity contribution is 7.18. The SMILES string of the molecule is C[C@@H](Oc1ccc(F)cc1)C(=O)Nc1nnc(-c2ccccc2)s1. The quantitative estimate of drug-likeness (QED) is 0.766. The molecule has 0 bridgehead atoms. The number of benzene rings is 2. The predicted octanol–water partition coefficient (Wildman–Crippen LogP) is 3.75. The fraction of sp³-hybridized carbons (Fsp3) is 0.118. The molecule has 0 aliphatic rings. The van der Waals surface area contributed by atoms with Crippen LogP contribution in [-0.4, -0.2) is 22.2 Å². The van der Waals surface area contributed by atoms with E-state index >= 15 is 0 Å². The molecule has 1 N–H and O–H groups in total. The topological polar surface area (TPSA) is 64.1 Å². The summed E-state index contributed by atoms with van der Waals surface area (Å²) < 4.78 is 18.3. The maximum Gasteiger partial charge on any atom is 0.266 e. The summed E-state index contributed by atoms with van der Waals surface area (Å²) in [6.07, 6.45) is -0.750.